The zero-order chi connectivity index (χ0) is 12.0. The van der Waals surface area contributed by atoms with Gasteiger partial charge in [0, 0.05) is 26.1 Å². The number of anilines is 2. The second-order valence-corrected chi connectivity index (χ2v) is 3.65. The van der Waals surface area contributed by atoms with E-state index < -0.39 is 0 Å². The summed E-state index contributed by atoms with van der Waals surface area (Å²) < 4.78 is 0. The molecule has 5 nitrogen and oxygen atoms in total. The summed E-state index contributed by atoms with van der Waals surface area (Å²) in [7, 11) is 1.90. The average Bonchev–Trinajstić information content (AvgIpc) is 2.25. The maximum absolute atomic E-state index is 8.52. The van der Waals surface area contributed by atoms with Gasteiger partial charge in [0.25, 0.3) is 0 Å². The van der Waals surface area contributed by atoms with E-state index in [1.165, 1.54) is 0 Å². The topological polar surface area (TPSA) is 78.8 Å². The molecule has 0 unspecified atom stereocenters. The van der Waals surface area contributed by atoms with Gasteiger partial charge in [0.05, 0.1) is 12.5 Å². The van der Waals surface area contributed by atoms with Crippen molar-refractivity contribution >= 4 is 11.6 Å². The van der Waals surface area contributed by atoms with Crippen molar-refractivity contribution in [3.63, 3.8) is 0 Å². The third-order valence-electron chi connectivity index (χ3n) is 2.20. The van der Waals surface area contributed by atoms with Crippen LogP contribution in [0.5, 0.6) is 0 Å². The molecule has 0 radical (unpaired) electrons. The highest BCUT2D eigenvalue weighted by molar-refractivity contribution is 5.46. The van der Waals surface area contributed by atoms with E-state index in [1.807, 2.05) is 11.9 Å². The standard InChI is InChI=1S/C11H17N5/c1-3-5-10-14-9(13)8-11(15-10)16(2)7-4-6-12/h8H,3-5,7H2,1-2H3,(H2,13,14,15). The lowest BCUT2D eigenvalue weighted by Gasteiger charge is -2.17. The van der Waals surface area contributed by atoms with E-state index in [2.05, 4.69) is 23.0 Å². The van der Waals surface area contributed by atoms with Crippen molar-refractivity contribution < 1.29 is 0 Å². The third kappa shape index (κ3) is 3.39. The molecule has 0 aliphatic rings. The van der Waals surface area contributed by atoms with Gasteiger partial charge in [-0.2, -0.15) is 5.26 Å². The molecule has 0 fully saturated rings. The molecule has 0 spiro atoms. The zero-order valence-electron chi connectivity index (χ0n) is 9.77. The van der Waals surface area contributed by atoms with E-state index in [0.29, 0.717) is 18.8 Å². The number of nitriles is 1. The number of aromatic nitrogens is 2. The number of nitrogens with two attached hydrogens (primary N) is 1. The van der Waals surface area contributed by atoms with Gasteiger partial charge in [-0.15, -0.1) is 0 Å². The lowest BCUT2D eigenvalue weighted by Crippen LogP contribution is -2.20. The third-order valence-corrected chi connectivity index (χ3v) is 2.20. The van der Waals surface area contributed by atoms with E-state index in [4.69, 9.17) is 11.0 Å². The maximum atomic E-state index is 8.52. The molecule has 1 aromatic rings. The van der Waals surface area contributed by atoms with Gasteiger partial charge in [0.2, 0.25) is 0 Å². The molecule has 1 rings (SSSR count). The van der Waals surface area contributed by atoms with Gasteiger partial charge in [0.1, 0.15) is 17.5 Å². The van der Waals surface area contributed by atoms with Crippen molar-refractivity contribution in [1.29, 1.82) is 5.26 Å². The minimum absolute atomic E-state index is 0.476. The summed E-state index contributed by atoms with van der Waals surface area (Å²) in [6.07, 6.45) is 2.29. The van der Waals surface area contributed by atoms with Gasteiger partial charge in [-0.25, -0.2) is 9.97 Å². The van der Waals surface area contributed by atoms with Crippen molar-refractivity contribution in [3.05, 3.63) is 11.9 Å². The Bertz CT molecular complexity index is 382. The van der Waals surface area contributed by atoms with Crippen molar-refractivity contribution in [2.24, 2.45) is 0 Å². The summed E-state index contributed by atoms with van der Waals surface area (Å²) in [5.41, 5.74) is 5.71. The lowest BCUT2D eigenvalue weighted by molar-refractivity contribution is 0.814. The summed E-state index contributed by atoms with van der Waals surface area (Å²) in [6.45, 7) is 2.73. The van der Waals surface area contributed by atoms with Gasteiger partial charge >= 0.3 is 0 Å². The lowest BCUT2D eigenvalue weighted by atomic mass is 10.3. The predicted octanol–water partition coefficient (Wildman–Crippen LogP) is 1.36. The molecular formula is C11H17N5. The average molecular weight is 219 g/mol. The molecule has 2 N–H and O–H groups in total. The van der Waals surface area contributed by atoms with Gasteiger partial charge in [0.15, 0.2) is 0 Å². The molecule has 0 bridgehead atoms. The Kier molecular flexibility index (Phi) is 4.52. The second kappa shape index (κ2) is 5.91. The number of nitrogens with zero attached hydrogens (tertiary/aromatic N) is 4. The molecule has 16 heavy (non-hydrogen) atoms. The molecule has 0 aromatic carbocycles. The van der Waals surface area contributed by atoms with Crippen molar-refractivity contribution in [1.82, 2.24) is 9.97 Å². The zero-order valence-corrected chi connectivity index (χ0v) is 9.77. The van der Waals surface area contributed by atoms with Crippen LogP contribution in [0.25, 0.3) is 0 Å². The van der Waals surface area contributed by atoms with Crippen LogP contribution in [0.4, 0.5) is 11.6 Å². The fourth-order valence-electron chi connectivity index (χ4n) is 1.37. The van der Waals surface area contributed by atoms with E-state index in [9.17, 15) is 0 Å². The Morgan fingerprint density at radius 3 is 2.88 bits per heavy atom. The molecule has 1 aromatic heterocycles. The molecular weight excluding hydrogens is 202 g/mol. The Labute approximate surface area is 95.9 Å². The highest BCUT2D eigenvalue weighted by Gasteiger charge is 2.06. The van der Waals surface area contributed by atoms with Crippen LogP contribution in [0.1, 0.15) is 25.6 Å². The van der Waals surface area contributed by atoms with Crippen molar-refractivity contribution in [2.75, 3.05) is 24.2 Å². The van der Waals surface area contributed by atoms with Crippen LogP contribution >= 0.6 is 0 Å². The van der Waals surface area contributed by atoms with Crippen LogP contribution < -0.4 is 10.6 Å². The SMILES string of the molecule is CCCc1nc(N)cc(N(C)CCC#N)n1. The first-order valence-corrected chi connectivity index (χ1v) is 5.39. The van der Waals surface area contributed by atoms with Crippen LogP contribution in [0, 0.1) is 11.3 Å². The minimum atomic E-state index is 0.476. The van der Waals surface area contributed by atoms with Crippen molar-refractivity contribution in [2.45, 2.75) is 26.2 Å². The first-order chi connectivity index (χ1) is 7.67. The highest BCUT2D eigenvalue weighted by Crippen LogP contribution is 2.13. The molecule has 5 heteroatoms. The monoisotopic (exact) mass is 219 g/mol. The van der Waals surface area contributed by atoms with Gasteiger partial charge in [-0.05, 0) is 6.42 Å². The summed E-state index contributed by atoms with van der Waals surface area (Å²) >= 11 is 0. The summed E-state index contributed by atoms with van der Waals surface area (Å²) in [4.78, 5) is 10.5. The van der Waals surface area contributed by atoms with E-state index in [-0.39, 0.29) is 0 Å². The number of nitrogen functional groups attached to an aromatic ring is 1. The molecule has 0 amide bonds. The van der Waals surface area contributed by atoms with Crippen molar-refractivity contribution in [3.8, 4) is 6.07 Å². The molecule has 0 aliphatic heterocycles. The van der Waals surface area contributed by atoms with E-state index >= 15 is 0 Å². The largest absolute Gasteiger partial charge is 0.384 e. The number of hydrogen-bond acceptors (Lipinski definition) is 5. The molecule has 0 saturated carbocycles. The van der Waals surface area contributed by atoms with Crippen LogP contribution in [0.3, 0.4) is 0 Å². The molecule has 1 heterocycles. The van der Waals surface area contributed by atoms with Crippen LogP contribution in [-0.4, -0.2) is 23.6 Å². The fraction of sp³-hybridized carbons (Fsp3) is 0.545. The summed E-state index contributed by atoms with van der Waals surface area (Å²) in [6, 6.07) is 3.84. The molecule has 86 valence electrons. The second-order valence-electron chi connectivity index (χ2n) is 3.65. The molecule has 0 saturated heterocycles. The normalized spacial score (nSPS) is 9.81. The van der Waals surface area contributed by atoms with Gasteiger partial charge in [-0.1, -0.05) is 6.92 Å². The van der Waals surface area contributed by atoms with Gasteiger partial charge in [-0.3, -0.25) is 0 Å². The maximum Gasteiger partial charge on any atom is 0.134 e. The highest BCUT2D eigenvalue weighted by atomic mass is 15.2. The van der Waals surface area contributed by atoms with Gasteiger partial charge < -0.3 is 10.6 Å². The van der Waals surface area contributed by atoms with E-state index in [0.717, 1.165) is 24.5 Å². The number of rotatable bonds is 5. The minimum Gasteiger partial charge on any atom is -0.384 e. The smallest absolute Gasteiger partial charge is 0.134 e. The van der Waals surface area contributed by atoms with E-state index in [1.54, 1.807) is 6.07 Å². The quantitative estimate of drug-likeness (QED) is 0.809. The fourth-order valence-corrected chi connectivity index (χ4v) is 1.37. The summed E-state index contributed by atoms with van der Waals surface area (Å²) in [5, 5.41) is 8.52. The first kappa shape index (κ1) is 12.2. The number of hydrogen-bond donors (Lipinski definition) is 1. The Hall–Kier alpha value is -1.83. The molecule has 0 aliphatic carbocycles. The summed E-state index contributed by atoms with van der Waals surface area (Å²) in [5.74, 6) is 2.03. The molecule has 0 atom stereocenters. The van der Waals surface area contributed by atoms with Crippen LogP contribution in [0.2, 0.25) is 0 Å². The Morgan fingerprint density at radius 2 is 2.25 bits per heavy atom. The number of aryl methyl sites for hydroxylation is 1. The Morgan fingerprint density at radius 1 is 1.50 bits per heavy atom. The first-order valence-electron chi connectivity index (χ1n) is 5.39. The Balaban J connectivity index is 2.82. The predicted molar refractivity (Wildman–Crippen MR) is 63.9 cm³/mol. The van der Waals surface area contributed by atoms with Crippen LogP contribution in [-0.2, 0) is 6.42 Å². The van der Waals surface area contributed by atoms with Crippen LogP contribution in [0.15, 0.2) is 6.07 Å².